The number of H-pyrrole nitrogens is 1. The van der Waals surface area contributed by atoms with Crippen LogP contribution in [0.1, 0.15) is 36.0 Å². The smallest absolute Gasteiger partial charge is 0.251 e. The van der Waals surface area contributed by atoms with E-state index in [-0.39, 0.29) is 23.8 Å². The summed E-state index contributed by atoms with van der Waals surface area (Å²) in [5, 5.41) is 7.22. The topological polar surface area (TPSA) is 95.6 Å². The second-order valence-corrected chi connectivity index (χ2v) is 7.97. The first-order valence-corrected chi connectivity index (χ1v) is 10.8. The molecule has 1 fully saturated rings. The van der Waals surface area contributed by atoms with Crippen molar-refractivity contribution in [3.05, 3.63) is 72.4 Å². The number of carbonyl (C=O) groups excluding carboxylic acids is 1. The number of halogens is 1. The summed E-state index contributed by atoms with van der Waals surface area (Å²) in [6.45, 7) is 0. The number of rotatable bonds is 5. The predicted octanol–water partition coefficient (Wildman–Crippen LogP) is 4.31. The first-order valence-electron chi connectivity index (χ1n) is 10.8. The number of fused-ring (bicyclic) bond motifs is 1. The quantitative estimate of drug-likeness (QED) is 0.438. The van der Waals surface area contributed by atoms with Gasteiger partial charge in [-0.3, -0.25) is 4.79 Å². The summed E-state index contributed by atoms with van der Waals surface area (Å²) < 4.78 is 14.6. The Labute approximate surface area is 184 Å². The van der Waals surface area contributed by atoms with Crippen molar-refractivity contribution in [2.24, 2.45) is 0 Å². The molecule has 7 nitrogen and oxygen atoms in total. The molecule has 1 amide bonds. The zero-order valence-electron chi connectivity index (χ0n) is 17.4. The van der Waals surface area contributed by atoms with E-state index in [1.54, 1.807) is 24.5 Å². The number of nitrogens with zero attached hydrogens (tertiary/aromatic N) is 3. The summed E-state index contributed by atoms with van der Waals surface area (Å²) in [7, 11) is 0. The van der Waals surface area contributed by atoms with E-state index in [0.717, 1.165) is 42.3 Å². The van der Waals surface area contributed by atoms with Crippen molar-refractivity contribution in [1.29, 1.82) is 0 Å². The molecule has 1 aliphatic rings. The lowest BCUT2D eigenvalue weighted by Crippen LogP contribution is -2.48. The van der Waals surface area contributed by atoms with E-state index >= 15 is 0 Å². The van der Waals surface area contributed by atoms with Crippen LogP contribution in [0.25, 0.3) is 22.4 Å². The van der Waals surface area contributed by atoms with Gasteiger partial charge in [0.05, 0.1) is 6.20 Å². The minimum absolute atomic E-state index is 0.119. The Morgan fingerprint density at radius 3 is 2.69 bits per heavy atom. The van der Waals surface area contributed by atoms with Crippen LogP contribution in [0.3, 0.4) is 0 Å². The predicted molar refractivity (Wildman–Crippen MR) is 121 cm³/mol. The number of hydrogen-bond donors (Lipinski definition) is 3. The minimum atomic E-state index is -0.523. The van der Waals surface area contributed by atoms with E-state index in [0.29, 0.717) is 11.4 Å². The summed E-state index contributed by atoms with van der Waals surface area (Å²) in [6.07, 6.45) is 8.31. The zero-order valence-corrected chi connectivity index (χ0v) is 17.4. The van der Waals surface area contributed by atoms with Crippen LogP contribution in [0, 0.1) is 5.82 Å². The van der Waals surface area contributed by atoms with Crippen molar-refractivity contribution in [2.45, 2.75) is 37.8 Å². The largest absolute Gasteiger partial charge is 0.363 e. The average molecular weight is 430 g/mol. The first-order chi connectivity index (χ1) is 15.7. The number of aromatic nitrogens is 4. The van der Waals surface area contributed by atoms with Crippen molar-refractivity contribution in [3.8, 4) is 11.4 Å². The Kier molecular flexibility index (Phi) is 5.49. The monoisotopic (exact) mass is 430 g/mol. The van der Waals surface area contributed by atoms with Crippen molar-refractivity contribution in [1.82, 2.24) is 25.3 Å². The number of pyridine rings is 1. The molecule has 3 heterocycles. The normalized spacial score (nSPS) is 18.4. The molecule has 162 valence electrons. The molecule has 3 aromatic heterocycles. The molecule has 1 saturated carbocycles. The lowest BCUT2D eigenvalue weighted by molar-refractivity contribution is 0.0923. The maximum Gasteiger partial charge on any atom is 0.251 e. The molecule has 0 bridgehead atoms. The molecule has 4 aromatic rings. The molecule has 8 heteroatoms. The van der Waals surface area contributed by atoms with Gasteiger partial charge in [0.25, 0.3) is 5.91 Å². The lowest BCUT2D eigenvalue weighted by Gasteiger charge is -2.33. The van der Waals surface area contributed by atoms with Gasteiger partial charge >= 0.3 is 0 Å². The number of nitrogens with one attached hydrogen (secondary N) is 3. The van der Waals surface area contributed by atoms with E-state index < -0.39 is 5.82 Å². The fraction of sp³-hybridized carbons (Fsp3) is 0.250. The van der Waals surface area contributed by atoms with Gasteiger partial charge in [-0.25, -0.2) is 19.3 Å². The number of anilines is 1. The van der Waals surface area contributed by atoms with Gasteiger partial charge in [0.15, 0.2) is 17.5 Å². The molecule has 0 unspecified atom stereocenters. The molecule has 0 aliphatic heterocycles. The highest BCUT2D eigenvalue weighted by atomic mass is 19.1. The van der Waals surface area contributed by atoms with Crippen LogP contribution in [0.2, 0.25) is 0 Å². The summed E-state index contributed by atoms with van der Waals surface area (Å²) in [4.78, 5) is 28.7. The van der Waals surface area contributed by atoms with Gasteiger partial charge in [-0.05, 0) is 37.1 Å². The number of carbonyl (C=O) groups is 1. The van der Waals surface area contributed by atoms with Crippen LogP contribution < -0.4 is 10.6 Å². The van der Waals surface area contributed by atoms with Gasteiger partial charge in [-0.15, -0.1) is 0 Å². The summed E-state index contributed by atoms with van der Waals surface area (Å²) in [5.41, 5.74) is 2.09. The maximum atomic E-state index is 14.6. The van der Waals surface area contributed by atoms with Crippen molar-refractivity contribution < 1.29 is 9.18 Å². The minimum Gasteiger partial charge on any atom is -0.363 e. The molecule has 1 aliphatic carbocycles. The Morgan fingerprint density at radius 1 is 1.03 bits per heavy atom. The van der Waals surface area contributed by atoms with Crippen molar-refractivity contribution >= 4 is 22.8 Å². The zero-order chi connectivity index (χ0) is 21.9. The van der Waals surface area contributed by atoms with Gasteiger partial charge < -0.3 is 15.6 Å². The number of hydrogen-bond acceptors (Lipinski definition) is 5. The van der Waals surface area contributed by atoms with E-state index in [2.05, 4.69) is 30.6 Å². The molecule has 2 atom stereocenters. The SMILES string of the molecule is O=C(N[C@@H]1CCCC[C@@H]1Nc1nc(-c2c[nH]c3ncccc23)ncc1F)c1ccccc1. The molecular formula is C24H23FN6O. The Morgan fingerprint density at radius 2 is 1.84 bits per heavy atom. The van der Waals surface area contributed by atoms with E-state index in [9.17, 15) is 9.18 Å². The van der Waals surface area contributed by atoms with Crippen LogP contribution >= 0.6 is 0 Å². The first kappa shape index (κ1) is 20.1. The molecular weight excluding hydrogens is 407 g/mol. The molecule has 5 rings (SSSR count). The van der Waals surface area contributed by atoms with Crippen molar-refractivity contribution in [2.75, 3.05) is 5.32 Å². The van der Waals surface area contributed by atoms with E-state index in [4.69, 9.17) is 0 Å². The third kappa shape index (κ3) is 4.03. The summed E-state index contributed by atoms with van der Waals surface area (Å²) in [5.74, 6) is -0.0993. The fourth-order valence-electron chi connectivity index (χ4n) is 4.23. The number of amides is 1. The highest BCUT2D eigenvalue weighted by Crippen LogP contribution is 2.28. The third-order valence-corrected chi connectivity index (χ3v) is 5.88. The molecule has 3 N–H and O–H groups in total. The molecule has 0 radical (unpaired) electrons. The van der Waals surface area contributed by atoms with Crippen molar-refractivity contribution in [3.63, 3.8) is 0 Å². The van der Waals surface area contributed by atoms with Crippen LogP contribution in [0.15, 0.2) is 61.1 Å². The van der Waals surface area contributed by atoms with Crippen LogP contribution in [-0.2, 0) is 0 Å². The third-order valence-electron chi connectivity index (χ3n) is 5.88. The standard InChI is InChI=1S/C24H23FN6O/c25-18-14-28-22(17-13-27-21-16(17)9-6-12-26-21)31-23(18)29-19-10-4-5-11-20(19)30-24(32)15-7-2-1-3-8-15/h1-3,6-9,12-14,19-20H,4-5,10-11H2,(H,26,27)(H,30,32)(H,28,29,31)/t19-,20+/m0/s1. The van der Waals surface area contributed by atoms with Gasteiger partial charge in [-0.2, -0.15) is 0 Å². The van der Waals surface area contributed by atoms with Gasteiger partial charge in [0, 0.05) is 41.0 Å². The van der Waals surface area contributed by atoms with Gasteiger partial charge in [0.1, 0.15) is 5.65 Å². The maximum absolute atomic E-state index is 14.6. The number of aromatic amines is 1. The van der Waals surface area contributed by atoms with E-state index in [1.807, 2.05) is 30.3 Å². The van der Waals surface area contributed by atoms with E-state index in [1.165, 1.54) is 6.20 Å². The Balaban J connectivity index is 1.38. The summed E-state index contributed by atoms with van der Waals surface area (Å²) >= 11 is 0. The molecule has 0 saturated heterocycles. The Hall–Kier alpha value is -3.81. The summed E-state index contributed by atoms with van der Waals surface area (Å²) in [6, 6.07) is 12.6. The second-order valence-electron chi connectivity index (χ2n) is 7.97. The number of benzene rings is 1. The average Bonchev–Trinajstić information content (AvgIpc) is 3.26. The second kappa shape index (κ2) is 8.74. The molecule has 1 aromatic carbocycles. The van der Waals surface area contributed by atoms with Crippen LogP contribution in [-0.4, -0.2) is 37.9 Å². The van der Waals surface area contributed by atoms with Gasteiger partial charge in [-0.1, -0.05) is 31.0 Å². The highest BCUT2D eigenvalue weighted by Gasteiger charge is 2.28. The highest BCUT2D eigenvalue weighted by molar-refractivity contribution is 5.94. The van der Waals surface area contributed by atoms with Crippen LogP contribution in [0.5, 0.6) is 0 Å². The Bertz CT molecular complexity index is 1240. The fourth-order valence-corrected chi connectivity index (χ4v) is 4.23. The molecule has 32 heavy (non-hydrogen) atoms. The molecule has 0 spiro atoms. The van der Waals surface area contributed by atoms with Crippen LogP contribution in [0.4, 0.5) is 10.2 Å². The lowest BCUT2D eigenvalue weighted by atomic mass is 9.90. The van der Waals surface area contributed by atoms with Gasteiger partial charge in [0.2, 0.25) is 0 Å².